The summed E-state index contributed by atoms with van der Waals surface area (Å²) in [4.78, 5) is 4.15. The molecular weight excluding hydrogens is 212 g/mol. The van der Waals surface area contributed by atoms with E-state index in [4.69, 9.17) is 4.74 Å². The van der Waals surface area contributed by atoms with Gasteiger partial charge in [-0.2, -0.15) is 0 Å². The van der Waals surface area contributed by atoms with E-state index in [-0.39, 0.29) is 6.04 Å². The molecule has 1 aromatic heterocycles. The van der Waals surface area contributed by atoms with E-state index < -0.39 is 0 Å². The number of ether oxygens (including phenoxy) is 1. The summed E-state index contributed by atoms with van der Waals surface area (Å²) >= 11 is 0. The lowest BCUT2D eigenvalue weighted by molar-refractivity contribution is 0.219. The Kier molecular flexibility index (Phi) is 4.15. The highest BCUT2D eigenvalue weighted by Crippen LogP contribution is 2.29. The number of hydrogen-bond donors (Lipinski definition) is 1. The summed E-state index contributed by atoms with van der Waals surface area (Å²) in [6.07, 6.45) is 7.93. The van der Waals surface area contributed by atoms with Gasteiger partial charge < -0.3 is 10.1 Å². The minimum Gasteiger partial charge on any atom is -0.501 e. The molecule has 0 saturated carbocycles. The number of nitrogens with one attached hydrogen (secondary N) is 1. The molecule has 1 atom stereocenters. The van der Waals surface area contributed by atoms with Crippen molar-refractivity contribution < 1.29 is 4.74 Å². The first-order chi connectivity index (χ1) is 8.33. The zero-order valence-corrected chi connectivity index (χ0v) is 10.6. The Morgan fingerprint density at radius 3 is 3.06 bits per heavy atom. The average Bonchev–Trinajstić information content (AvgIpc) is 2.38. The molecule has 1 aliphatic rings. The van der Waals surface area contributed by atoms with Gasteiger partial charge in [-0.3, -0.25) is 4.98 Å². The molecule has 1 N–H and O–H groups in total. The Balaban J connectivity index is 2.28. The number of hydrogen-bond acceptors (Lipinski definition) is 3. The quantitative estimate of drug-likeness (QED) is 0.866. The highest BCUT2D eigenvalue weighted by atomic mass is 16.5. The summed E-state index contributed by atoms with van der Waals surface area (Å²) in [5.41, 5.74) is 3.87. The molecule has 3 nitrogen and oxygen atoms in total. The van der Waals surface area contributed by atoms with Gasteiger partial charge in [-0.25, -0.2) is 0 Å². The molecule has 1 aliphatic heterocycles. The van der Waals surface area contributed by atoms with Crippen molar-refractivity contribution in [1.82, 2.24) is 10.3 Å². The number of rotatable bonds is 4. The lowest BCUT2D eigenvalue weighted by Crippen LogP contribution is -2.25. The van der Waals surface area contributed by atoms with Crippen LogP contribution in [0.1, 0.15) is 36.9 Å². The molecule has 1 unspecified atom stereocenters. The third kappa shape index (κ3) is 2.86. The largest absolute Gasteiger partial charge is 0.501 e. The average molecular weight is 232 g/mol. The molecule has 0 saturated heterocycles. The third-order valence-electron chi connectivity index (χ3n) is 3.12. The molecule has 0 spiro atoms. The van der Waals surface area contributed by atoms with Crippen LogP contribution in [0.2, 0.25) is 0 Å². The predicted octanol–water partition coefficient (Wildman–Crippen LogP) is 2.73. The monoisotopic (exact) mass is 232 g/mol. The molecule has 0 aliphatic carbocycles. The van der Waals surface area contributed by atoms with E-state index in [0.717, 1.165) is 26.0 Å². The molecule has 0 bridgehead atoms. The predicted molar refractivity (Wildman–Crippen MR) is 68.7 cm³/mol. The van der Waals surface area contributed by atoms with Crippen LogP contribution in [0, 0.1) is 6.92 Å². The molecule has 3 heteroatoms. The second-order valence-electron chi connectivity index (χ2n) is 4.39. The number of pyridine rings is 1. The third-order valence-corrected chi connectivity index (χ3v) is 3.12. The summed E-state index contributed by atoms with van der Waals surface area (Å²) in [5.74, 6) is 0. The SMILES string of the molecule is CCNC(C1=COCCC1)c1ccncc1C. The fourth-order valence-electron chi connectivity index (χ4n) is 2.25. The lowest BCUT2D eigenvalue weighted by atomic mass is 9.93. The zero-order valence-electron chi connectivity index (χ0n) is 10.6. The first-order valence-corrected chi connectivity index (χ1v) is 6.27. The summed E-state index contributed by atoms with van der Waals surface area (Å²) in [6, 6.07) is 2.36. The topological polar surface area (TPSA) is 34.1 Å². The Bertz CT molecular complexity index is 401. The van der Waals surface area contributed by atoms with E-state index in [2.05, 4.69) is 30.2 Å². The Hall–Kier alpha value is -1.35. The van der Waals surface area contributed by atoms with E-state index in [1.165, 1.54) is 16.7 Å². The molecule has 2 heterocycles. The van der Waals surface area contributed by atoms with E-state index in [1.54, 1.807) is 0 Å². The van der Waals surface area contributed by atoms with Crippen LogP contribution in [-0.4, -0.2) is 18.1 Å². The van der Waals surface area contributed by atoms with Crippen molar-refractivity contribution in [2.24, 2.45) is 0 Å². The number of aryl methyl sites for hydroxylation is 1. The molecule has 2 rings (SSSR count). The van der Waals surface area contributed by atoms with Crippen molar-refractivity contribution in [2.45, 2.75) is 32.7 Å². The Labute approximate surface area is 103 Å². The smallest absolute Gasteiger partial charge is 0.0876 e. The van der Waals surface area contributed by atoms with Gasteiger partial charge in [0.1, 0.15) is 0 Å². The number of nitrogens with zero attached hydrogens (tertiary/aromatic N) is 1. The van der Waals surface area contributed by atoms with Crippen molar-refractivity contribution >= 4 is 0 Å². The normalized spacial score (nSPS) is 17.2. The van der Waals surface area contributed by atoms with Crippen LogP contribution in [0.25, 0.3) is 0 Å². The van der Waals surface area contributed by atoms with Crippen LogP contribution in [-0.2, 0) is 4.74 Å². The molecule has 0 fully saturated rings. The lowest BCUT2D eigenvalue weighted by Gasteiger charge is -2.25. The highest BCUT2D eigenvalue weighted by Gasteiger charge is 2.19. The van der Waals surface area contributed by atoms with Gasteiger partial charge in [-0.05, 0) is 49.1 Å². The Morgan fingerprint density at radius 1 is 1.53 bits per heavy atom. The molecule has 92 valence electrons. The van der Waals surface area contributed by atoms with Gasteiger partial charge in [-0.1, -0.05) is 6.92 Å². The van der Waals surface area contributed by atoms with Crippen molar-refractivity contribution in [3.63, 3.8) is 0 Å². The standard InChI is InChI=1S/C14H20N2O/c1-3-16-14(12-5-4-8-17-10-12)13-6-7-15-9-11(13)2/h6-7,9-10,14,16H,3-5,8H2,1-2H3. The van der Waals surface area contributed by atoms with Gasteiger partial charge in [0.2, 0.25) is 0 Å². The summed E-state index contributed by atoms with van der Waals surface area (Å²) < 4.78 is 5.45. The minimum absolute atomic E-state index is 0.267. The summed E-state index contributed by atoms with van der Waals surface area (Å²) in [7, 11) is 0. The number of likely N-dealkylation sites (N-methyl/N-ethyl adjacent to an activating group) is 1. The zero-order chi connectivity index (χ0) is 12.1. The first kappa shape index (κ1) is 12.1. The van der Waals surface area contributed by atoms with Gasteiger partial charge in [0.25, 0.3) is 0 Å². The maximum Gasteiger partial charge on any atom is 0.0876 e. The van der Waals surface area contributed by atoms with Gasteiger partial charge in [0, 0.05) is 12.4 Å². The second-order valence-corrected chi connectivity index (χ2v) is 4.39. The van der Waals surface area contributed by atoms with E-state index in [9.17, 15) is 0 Å². The fraction of sp³-hybridized carbons (Fsp3) is 0.500. The minimum atomic E-state index is 0.267. The molecule has 1 aromatic rings. The van der Waals surface area contributed by atoms with Crippen LogP contribution >= 0.6 is 0 Å². The molecule has 0 amide bonds. The van der Waals surface area contributed by atoms with Crippen LogP contribution in [0.15, 0.2) is 30.3 Å². The van der Waals surface area contributed by atoms with Crippen LogP contribution < -0.4 is 5.32 Å². The van der Waals surface area contributed by atoms with Crippen molar-refractivity contribution in [3.05, 3.63) is 41.4 Å². The highest BCUT2D eigenvalue weighted by molar-refractivity contribution is 5.32. The van der Waals surface area contributed by atoms with Gasteiger partial charge >= 0.3 is 0 Å². The maximum atomic E-state index is 5.45. The van der Waals surface area contributed by atoms with Crippen LogP contribution in [0.4, 0.5) is 0 Å². The van der Waals surface area contributed by atoms with E-state index in [0.29, 0.717) is 0 Å². The van der Waals surface area contributed by atoms with Crippen molar-refractivity contribution in [1.29, 1.82) is 0 Å². The fourth-order valence-corrected chi connectivity index (χ4v) is 2.25. The van der Waals surface area contributed by atoms with Crippen LogP contribution in [0.5, 0.6) is 0 Å². The van der Waals surface area contributed by atoms with E-state index in [1.807, 2.05) is 18.7 Å². The number of aromatic nitrogens is 1. The summed E-state index contributed by atoms with van der Waals surface area (Å²) in [6.45, 7) is 6.03. The first-order valence-electron chi connectivity index (χ1n) is 6.27. The van der Waals surface area contributed by atoms with E-state index >= 15 is 0 Å². The second kappa shape index (κ2) is 5.82. The molecule has 17 heavy (non-hydrogen) atoms. The van der Waals surface area contributed by atoms with Crippen molar-refractivity contribution in [2.75, 3.05) is 13.2 Å². The van der Waals surface area contributed by atoms with Crippen molar-refractivity contribution in [3.8, 4) is 0 Å². The van der Waals surface area contributed by atoms with Crippen LogP contribution in [0.3, 0.4) is 0 Å². The summed E-state index contributed by atoms with van der Waals surface area (Å²) in [5, 5.41) is 3.53. The van der Waals surface area contributed by atoms with Gasteiger partial charge in [0.15, 0.2) is 0 Å². The molecular formula is C14H20N2O. The molecule has 0 aromatic carbocycles. The van der Waals surface area contributed by atoms with Gasteiger partial charge in [0.05, 0.1) is 18.9 Å². The molecule has 0 radical (unpaired) electrons. The Morgan fingerprint density at radius 2 is 2.41 bits per heavy atom. The van der Waals surface area contributed by atoms with Gasteiger partial charge in [-0.15, -0.1) is 0 Å². The maximum absolute atomic E-state index is 5.45.